The fourth-order valence-corrected chi connectivity index (χ4v) is 2.01. The van der Waals surface area contributed by atoms with Crippen LogP contribution >= 0.6 is 0 Å². The number of nitrogens with zero attached hydrogens (tertiary/aromatic N) is 1. The van der Waals surface area contributed by atoms with Crippen molar-refractivity contribution in [2.24, 2.45) is 5.10 Å². The number of hydrogen-bond acceptors (Lipinski definition) is 5. The van der Waals surface area contributed by atoms with Crippen LogP contribution < -0.4 is 19.6 Å². The Bertz CT molecular complexity index is 729. The Labute approximate surface area is 141 Å². The summed E-state index contributed by atoms with van der Waals surface area (Å²) in [7, 11) is 3.14. The lowest BCUT2D eigenvalue weighted by Gasteiger charge is -2.08. The van der Waals surface area contributed by atoms with Gasteiger partial charge in [-0.3, -0.25) is 4.79 Å². The van der Waals surface area contributed by atoms with Crippen LogP contribution in [-0.4, -0.2) is 32.9 Å². The number of rotatable bonds is 7. The summed E-state index contributed by atoms with van der Waals surface area (Å²) in [5.74, 6) is 1.62. The molecule has 126 valence electrons. The van der Waals surface area contributed by atoms with E-state index in [0.717, 1.165) is 5.56 Å². The van der Waals surface area contributed by atoms with Gasteiger partial charge in [0.1, 0.15) is 17.2 Å². The van der Waals surface area contributed by atoms with Crippen molar-refractivity contribution in [2.75, 3.05) is 20.8 Å². The third kappa shape index (κ3) is 4.74. The molecule has 0 aromatic heterocycles. The standard InChI is InChI=1S/C18H20N2O4/c1-13-6-4-5-7-16(13)24-12-18(21)20-19-11-14-10-15(22-2)8-9-17(14)23-3/h4-11H,12H2,1-3H3,(H,20,21)/b19-11+. The average Bonchev–Trinajstić information content (AvgIpc) is 2.61. The summed E-state index contributed by atoms with van der Waals surface area (Å²) in [4.78, 5) is 11.8. The highest BCUT2D eigenvalue weighted by Gasteiger charge is 2.05. The quantitative estimate of drug-likeness (QED) is 0.626. The summed E-state index contributed by atoms with van der Waals surface area (Å²) in [5, 5.41) is 3.92. The molecule has 2 aromatic rings. The molecule has 0 saturated heterocycles. The molecule has 24 heavy (non-hydrogen) atoms. The number of hydrogen-bond donors (Lipinski definition) is 1. The van der Waals surface area contributed by atoms with Crippen molar-refractivity contribution in [2.45, 2.75) is 6.92 Å². The van der Waals surface area contributed by atoms with E-state index in [0.29, 0.717) is 22.8 Å². The summed E-state index contributed by atoms with van der Waals surface area (Å²) in [5.41, 5.74) is 4.08. The first-order valence-corrected chi connectivity index (χ1v) is 7.36. The highest BCUT2D eigenvalue weighted by atomic mass is 16.5. The largest absolute Gasteiger partial charge is 0.497 e. The van der Waals surface area contributed by atoms with Gasteiger partial charge in [-0.15, -0.1) is 0 Å². The first kappa shape index (κ1) is 17.3. The molecule has 0 aliphatic rings. The fourth-order valence-electron chi connectivity index (χ4n) is 2.01. The van der Waals surface area contributed by atoms with Gasteiger partial charge in [0.2, 0.25) is 0 Å². The highest BCUT2D eigenvalue weighted by Crippen LogP contribution is 2.22. The van der Waals surface area contributed by atoms with Crippen molar-refractivity contribution in [1.29, 1.82) is 0 Å². The molecular weight excluding hydrogens is 308 g/mol. The number of aryl methyl sites for hydroxylation is 1. The van der Waals surface area contributed by atoms with E-state index in [2.05, 4.69) is 10.5 Å². The lowest BCUT2D eigenvalue weighted by molar-refractivity contribution is -0.123. The Hall–Kier alpha value is -3.02. The Morgan fingerprint density at radius 2 is 1.92 bits per heavy atom. The molecule has 0 unspecified atom stereocenters. The van der Waals surface area contributed by atoms with Crippen LogP contribution in [0.15, 0.2) is 47.6 Å². The number of benzene rings is 2. The topological polar surface area (TPSA) is 69.2 Å². The maximum Gasteiger partial charge on any atom is 0.277 e. The molecular formula is C18H20N2O4. The van der Waals surface area contributed by atoms with E-state index in [1.54, 1.807) is 32.4 Å². The van der Waals surface area contributed by atoms with Crippen molar-refractivity contribution in [3.05, 3.63) is 53.6 Å². The van der Waals surface area contributed by atoms with Gasteiger partial charge >= 0.3 is 0 Å². The molecule has 0 aliphatic heterocycles. The fraction of sp³-hybridized carbons (Fsp3) is 0.222. The van der Waals surface area contributed by atoms with Crippen molar-refractivity contribution < 1.29 is 19.0 Å². The van der Waals surface area contributed by atoms with E-state index in [-0.39, 0.29) is 12.5 Å². The minimum Gasteiger partial charge on any atom is -0.497 e. The van der Waals surface area contributed by atoms with Gasteiger partial charge in [0, 0.05) is 5.56 Å². The molecule has 0 bridgehead atoms. The van der Waals surface area contributed by atoms with Gasteiger partial charge in [-0.1, -0.05) is 18.2 Å². The van der Waals surface area contributed by atoms with Crippen molar-refractivity contribution >= 4 is 12.1 Å². The van der Waals surface area contributed by atoms with Crippen LogP contribution in [0.2, 0.25) is 0 Å². The number of hydrazone groups is 1. The summed E-state index contributed by atoms with van der Waals surface area (Å²) < 4.78 is 15.8. The van der Waals surface area contributed by atoms with E-state index in [1.165, 1.54) is 6.21 Å². The van der Waals surface area contributed by atoms with Gasteiger partial charge in [0.25, 0.3) is 5.91 Å². The zero-order valence-corrected chi connectivity index (χ0v) is 13.9. The van der Waals surface area contributed by atoms with E-state index in [9.17, 15) is 4.79 Å². The van der Waals surface area contributed by atoms with E-state index in [1.807, 2.05) is 31.2 Å². The van der Waals surface area contributed by atoms with Crippen LogP contribution in [0.4, 0.5) is 0 Å². The Morgan fingerprint density at radius 3 is 2.62 bits per heavy atom. The normalized spacial score (nSPS) is 10.5. The zero-order chi connectivity index (χ0) is 17.4. The van der Waals surface area contributed by atoms with Gasteiger partial charge in [-0.05, 0) is 36.8 Å². The summed E-state index contributed by atoms with van der Waals surface area (Å²) >= 11 is 0. The lowest BCUT2D eigenvalue weighted by atomic mass is 10.2. The smallest absolute Gasteiger partial charge is 0.277 e. The zero-order valence-electron chi connectivity index (χ0n) is 13.9. The molecule has 6 heteroatoms. The number of nitrogens with one attached hydrogen (secondary N) is 1. The van der Waals surface area contributed by atoms with Crippen molar-refractivity contribution in [3.63, 3.8) is 0 Å². The highest BCUT2D eigenvalue weighted by molar-refractivity contribution is 5.86. The maximum atomic E-state index is 11.8. The molecule has 2 aromatic carbocycles. The number of carbonyl (C=O) groups is 1. The number of methoxy groups -OCH3 is 2. The Balaban J connectivity index is 1.91. The molecule has 6 nitrogen and oxygen atoms in total. The van der Waals surface area contributed by atoms with Crippen LogP contribution in [0, 0.1) is 6.92 Å². The predicted molar refractivity (Wildman–Crippen MR) is 92.0 cm³/mol. The number of para-hydroxylation sites is 1. The van der Waals surface area contributed by atoms with Crippen LogP contribution in [-0.2, 0) is 4.79 Å². The SMILES string of the molecule is COc1ccc(OC)c(/C=N/NC(=O)COc2ccccc2C)c1. The number of carbonyl (C=O) groups excluding carboxylic acids is 1. The van der Waals surface area contributed by atoms with Crippen LogP contribution in [0.5, 0.6) is 17.2 Å². The van der Waals surface area contributed by atoms with Crippen LogP contribution in [0.1, 0.15) is 11.1 Å². The molecule has 1 amide bonds. The van der Waals surface area contributed by atoms with E-state index in [4.69, 9.17) is 14.2 Å². The van der Waals surface area contributed by atoms with Crippen molar-refractivity contribution in [3.8, 4) is 17.2 Å². The van der Waals surface area contributed by atoms with Gasteiger partial charge < -0.3 is 14.2 Å². The first-order valence-electron chi connectivity index (χ1n) is 7.36. The van der Waals surface area contributed by atoms with Crippen LogP contribution in [0.25, 0.3) is 0 Å². The summed E-state index contributed by atoms with van der Waals surface area (Å²) in [6.07, 6.45) is 1.49. The van der Waals surface area contributed by atoms with Crippen LogP contribution in [0.3, 0.4) is 0 Å². The molecule has 0 fully saturated rings. The van der Waals surface area contributed by atoms with Crippen molar-refractivity contribution in [1.82, 2.24) is 5.43 Å². The first-order chi connectivity index (χ1) is 11.6. The molecule has 0 heterocycles. The maximum absolute atomic E-state index is 11.8. The average molecular weight is 328 g/mol. The van der Waals surface area contributed by atoms with E-state index < -0.39 is 0 Å². The van der Waals surface area contributed by atoms with Gasteiger partial charge in [0.05, 0.1) is 20.4 Å². The minimum atomic E-state index is -0.351. The van der Waals surface area contributed by atoms with Gasteiger partial charge in [-0.2, -0.15) is 5.10 Å². The van der Waals surface area contributed by atoms with Gasteiger partial charge in [-0.25, -0.2) is 5.43 Å². The molecule has 0 saturated carbocycles. The molecule has 0 aliphatic carbocycles. The second-order valence-electron chi connectivity index (χ2n) is 4.96. The third-order valence-electron chi connectivity index (χ3n) is 3.28. The molecule has 1 N–H and O–H groups in total. The summed E-state index contributed by atoms with van der Waals surface area (Å²) in [6.45, 7) is 1.80. The second kappa shape index (κ2) is 8.57. The second-order valence-corrected chi connectivity index (χ2v) is 4.96. The Morgan fingerprint density at radius 1 is 1.12 bits per heavy atom. The predicted octanol–water partition coefficient (Wildman–Crippen LogP) is 2.54. The lowest BCUT2D eigenvalue weighted by Crippen LogP contribution is -2.24. The van der Waals surface area contributed by atoms with Gasteiger partial charge in [0.15, 0.2) is 6.61 Å². The monoisotopic (exact) mass is 328 g/mol. The third-order valence-corrected chi connectivity index (χ3v) is 3.28. The molecule has 0 spiro atoms. The minimum absolute atomic E-state index is 0.114. The molecule has 0 atom stereocenters. The number of amides is 1. The number of ether oxygens (including phenoxy) is 3. The molecule has 2 rings (SSSR count). The van der Waals surface area contributed by atoms with E-state index >= 15 is 0 Å². The Kier molecular flexibility index (Phi) is 6.19. The summed E-state index contributed by atoms with van der Waals surface area (Å²) in [6, 6.07) is 12.8. The molecule has 0 radical (unpaired) electrons.